The van der Waals surface area contributed by atoms with Crippen molar-refractivity contribution in [1.29, 1.82) is 0 Å². The molecule has 0 amide bonds. The molecule has 0 unspecified atom stereocenters. The van der Waals surface area contributed by atoms with Crippen LogP contribution in [0.15, 0.2) is 18.2 Å². The second-order valence-electron chi connectivity index (χ2n) is 4.85. The van der Waals surface area contributed by atoms with E-state index >= 15 is 0 Å². The molecular weight excluding hydrogens is 250 g/mol. The van der Waals surface area contributed by atoms with Gasteiger partial charge in [-0.25, -0.2) is 8.42 Å². The lowest BCUT2D eigenvalue weighted by atomic mass is 10.2. The Morgan fingerprint density at radius 1 is 1.33 bits per heavy atom. The van der Waals surface area contributed by atoms with Gasteiger partial charge in [0.15, 0.2) is 9.84 Å². The first-order valence-corrected chi connectivity index (χ1v) is 7.79. The highest BCUT2D eigenvalue weighted by molar-refractivity contribution is 7.90. The molecule has 0 spiro atoms. The van der Waals surface area contributed by atoms with Crippen molar-refractivity contribution in [3.63, 3.8) is 0 Å². The van der Waals surface area contributed by atoms with Crippen LogP contribution in [-0.4, -0.2) is 21.3 Å². The summed E-state index contributed by atoms with van der Waals surface area (Å²) in [6, 6.07) is 5.05. The van der Waals surface area contributed by atoms with Crippen LogP contribution in [0.2, 0.25) is 0 Å². The lowest BCUT2D eigenvalue weighted by molar-refractivity contribution is 0.411. The number of benzene rings is 1. The van der Waals surface area contributed by atoms with E-state index in [4.69, 9.17) is 10.5 Å². The number of hydrogen-bond donors (Lipinski definition) is 1. The average Bonchev–Trinajstić information content (AvgIpc) is 2.29. The third kappa shape index (κ3) is 4.56. The van der Waals surface area contributed by atoms with E-state index in [1.165, 1.54) is 7.11 Å². The predicted octanol–water partition coefficient (Wildman–Crippen LogP) is 2.24. The monoisotopic (exact) mass is 271 g/mol. The summed E-state index contributed by atoms with van der Waals surface area (Å²) in [4.78, 5) is 0. The van der Waals surface area contributed by atoms with Crippen LogP contribution < -0.4 is 10.5 Å². The van der Waals surface area contributed by atoms with Gasteiger partial charge < -0.3 is 10.5 Å². The van der Waals surface area contributed by atoms with Crippen molar-refractivity contribution in [2.45, 2.75) is 26.0 Å². The molecule has 0 bridgehead atoms. The summed E-state index contributed by atoms with van der Waals surface area (Å²) in [6.07, 6.45) is 0.680. The van der Waals surface area contributed by atoms with Crippen LogP contribution >= 0.6 is 0 Å². The Labute approximate surface area is 109 Å². The number of sulfone groups is 1. The number of nitrogen functional groups attached to an aromatic ring is 1. The summed E-state index contributed by atoms with van der Waals surface area (Å²) in [5.74, 6) is 1.12. The number of anilines is 1. The molecule has 0 saturated carbocycles. The van der Waals surface area contributed by atoms with E-state index in [-0.39, 0.29) is 11.5 Å². The van der Waals surface area contributed by atoms with E-state index in [2.05, 4.69) is 0 Å². The molecule has 1 rings (SSSR count). The fourth-order valence-electron chi connectivity index (χ4n) is 1.60. The Kier molecular flexibility index (Phi) is 5.02. The molecule has 4 nitrogen and oxygen atoms in total. The standard InChI is InChI=1S/C13H21NO3S/c1-10(2)6-7-18(15,16)9-11-4-5-12(14)8-13(11)17-3/h4-5,8,10H,6-7,9,14H2,1-3H3. The zero-order valence-electron chi connectivity index (χ0n) is 11.1. The van der Waals surface area contributed by atoms with E-state index in [1.54, 1.807) is 18.2 Å². The van der Waals surface area contributed by atoms with Crippen LogP contribution in [0.1, 0.15) is 25.8 Å². The van der Waals surface area contributed by atoms with Gasteiger partial charge in [-0.3, -0.25) is 0 Å². The smallest absolute Gasteiger partial charge is 0.154 e. The summed E-state index contributed by atoms with van der Waals surface area (Å²) in [5, 5.41) is 0. The van der Waals surface area contributed by atoms with Gasteiger partial charge in [-0.15, -0.1) is 0 Å². The molecule has 0 aliphatic carbocycles. The molecule has 0 fully saturated rings. The van der Waals surface area contributed by atoms with E-state index in [0.717, 1.165) is 0 Å². The maximum atomic E-state index is 12.0. The lowest BCUT2D eigenvalue weighted by Crippen LogP contribution is -2.12. The van der Waals surface area contributed by atoms with Crippen LogP contribution in [0.4, 0.5) is 5.69 Å². The van der Waals surface area contributed by atoms with Crippen LogP contribution in [0, 0.1) is 5.92 Å². The molecule has 0 aromatic heterocycles. The van der Waals surface area contributed by atoms with Gasteiger partial charge in [-0.2, -0.15) is 0 Å². The van der Waals surface area contributed by atoms with Crippen molar-refractivity contribution in [3.8, 4) is 5.75 Å². The Balaban J connectivity index is 2.83. The number of ether oxygens (including phenoxy) is 1. The molecule has 5 heteroatoms. The fourth-order valence-corrected chi connectivity index (χ4v) is 3.29. The van der Waals surface area contributed by atoms with Crippen LogP contribution in [0.5, 0.6) is 5.75 Å². The Hall–Kier alpha value is -1.23. The van der Waals surface area contributed by atoms with Crippen molar-refractivity contribution in [1.82, 2.24) is 0 Å². The van der Waals surface area contributed by atoms with Gasteiger partial charge in [-0.05, 0) is 18.4 Å². The highest BCUT2D eigenvalue weighted by Gasteiger charge is 2.15. The quantitative estimate of drug-likeness (QED) is 0.806. The van der Waals surface area contributed by atoms with Gasteiger partial charge in [-0.1, -0.05) is 19.9 Å². The van der Waals surface area contributed by atoms with Crippen LogP contribution in [-0.2, 0) is 15.6 Å². The van der Waals surface area contributed by atoms with Gasteiger partial charge in [0.2, 0.25) is 0 Å². The van der Waals surface area contributed by atoms with Gasteiger partial charge in [0.25, 0.3) is 0 Å². The molecular formula is C13H21NO3S. The zero-order valence-corrected chi connectivity index (χ0v) is 12.0. The minimum absolute atomic E-state index is 0.00315. The summed E-state index contributed by atoms with van der Waals surface area (Å²) >= 11 is 0. The van der Waals surface area contributed by atoms with Gasteiger partial charge in [0.1, 0.15) is 5.75 Å². The normalized spacial score (nSPS) is 11.8. The molecule has 0 heterocycles. The minimum Gasteiger partial charge on any atom is -0.496 e. The van der Waals surface area contributed by atoms with Gasteiger partial charge in [0, 0.05) is 17.3 Å². The summed E-state index contributed by atoms with van der Waals surface area (Å²) in [6.45, 7) is 4.03. The van der Waals surface area contributed by atoms with Crippen LogP contribution in [0.25, 0.3) is 0 Å². The first-order chi connectivity index (χ1) is 8.34. The first-order valence-electron chi connectivity index (χ1n) is 5.97. The summed E-state index contributed by atoms with van der Waals surface area (Å²) < 4.78 is 29.1. The highest BCUT2D eigenvalue weighted by atomic mass is 32.2. The molecule has 0 aliphatic heterocycles. The lowest BCUT2D eigenvalue weighted by Gasteiger charge is -2.10. The number of nitrogens with two attached hydrogens (primary N) is 1. The van der Waals surface area contributed by atoms with E-state index in [9.17, 15) is 8.42 Å². The van der Waals surface area contributed by atoms with Crippen molar-refractivity contribution in [3.05, 3.63) is 23.8 Å². The van der Waals surface area contributed by atoms with Gasteiger partial charge in [0.05, 0.1) is 18.6 Å². The molecule has 0 saturated heterocycles. The third-order valence-electron chi connectivity index (χ3n) is 2.69. The fraction of sp³-hybridized carbons (Fsp3) is 0.538. The van der Waals surface area contributed by atoms with Crippen molar-refractivity contribution < 1.29 is 13.2 Å². The van der Waals surface area contributed by atoms with E-state index < -0.39 is 9.84 Å². The van der Waals surface area contributed by atoms with Gasteiger partial charge >= 0.3 is 0 Å². The summed E-state index contributed by atoms with van der Waals surface area (Å²) in [5.41, 5.74) is 6.86. The molecule has 102 valence electrons. The van der Waals surface area contributed by atoms with E-state index in [1.807, 2.05) is 13.8 Å². The molecule has 0 aliphatic rings. The SMILES string of the molecule is COc1cc(N)ccc1CS(=O)(=O)CCC(C)C. The first kappa shape index (κ1) is 14.8. The van der Waals surface area contributed by atoms with Crippen molar-refractivity contribution >= 4 is 15.5 Å². The molecule has 1 aromatic rings. The second kappa shape index (κ2) is 6.09. The van der Waals surface area contributed by atoms with Crippen molar-refractivity contribution in [2.24, 2.45) is 5.92 Å². The summed E-state index contributed by atoms with van der Waals surface area (Å²) in [7, 11) is -1.58. The Morgan fingerprint density at radius 3 is 2.56 bits per heavy atom. The Morgan fingerprint density at radius 2 is 2.00 bits per heavy atom. The maximum Gasteiger partial charge on any atom is 0.154 e. The topological polar surface area (TPSA) is 69.4 Å². The average molecular weight is 271 g/mol. The second-order valence-corrected chi connectivity index (χ2v) is 7.03. The Bertz CT molecular complexity index is 495. The number of methoxy groups -OCH3 is 1. The zero-order chi connectivity index (χ0) is 13.8. The highest BCUT2D eigenvalue weighted by Crippen LogP contribution is 2.24. The molecule has 2 N–H and O–H groups in total. The molecule has 18 heavy (non-hydrogen) atoms. The predicted molar refractivity (Wildman–Crippen MR) is 74.4 cm³/mol. The van der Waals surface area contributed by atoms with Crippen LogP contribution in [0.3, 0.4) is 0 Å². The number of hydrogen-bond acceptors (Lipinski definition) is 4. The molecule has 0 atom stereocenters. The maximum absolute atomic E-state index is 12.0. The number of rotatable bonds is 6. The third-order valence-corrected chi connectivity index (χ3v) is 4.30. The van der Waals surface area contributed by atoms with E-state index in [0.29, 0.717) is 29.3 Å². The molecule has 0 radical (unpaired) electrons. The van der Waals surface area contributed by atoms with Crippen molar-refractivity contribution in [2.75, 3.05) is 18.6 Å². The largest absolute Gasteiger partial charge is 0.496 e. The molecule has 1 aromatic carbocycles. The minimum atomic E-state index is -3.10.